The maximum Gasteiger partial charge on any atom is 0.355 e. The molecule has 150 valence electrons. The van der Waals surface area contributed by atoms with Crippen LogP contribution < -0.4 is 10.1 Å². The number of aromatic nitrogens is 1. The lowest BCUT2D eigenvalue weighted by molar-refractivity contribution is -0.128. The molecule has 1 saturated heterocycles. The number of rotatable bonds is 10. The Hall–Kier alpha value is -2.10. The number of thiazole rings is 1. The average molecular weight is 422 g/mol. The molecule has 1 aliphatic heterocycles. The zero-order valence-corrected chi connectivity index (χ0v) is 17.2. The molecule has 1 aliphatic rings. The minimum atomic E-state index is -1.01. The number of nitrogens with zero attached hydrogens (tertiary/aromatic N) is 2. The van der Waals surface area contributed by atoms with Gasteiger partial charge in [0, 0.05) is 48.8 Å². The first-order valence-corrected chi connectivity index (χ1v) is 10.9. The van der Waals surface area contributed by atoms with Gasteiger partial charge in [-0.25, -0.2) is 9.78 Å². The van der Waals surface area contributed by atoms with Gasteiger partial charge < -0.3 is 20.1 Å². The van der Waals surface area contributed by atoms with Gasteiger partial charge in [0.15, 0.2) is 10.0 Å². The molecule has 1 aromatic heterocycles. The minimum Gasteiger partial charge on any atom is -0.496 e. The molecule has 0 aliphatic carbocycles. The number of carboxylic acid groups (broad SMARTS) is 1. The number of carboxylic acids is 1. The lowest BCUT2D eigenvalue weighted by atomic mass is 10.2. The van der Waals surface area contributed by atoms with Gasteiger partial charge in [-0.1, -0.05) is 30.0 Å². The molecule has 1 aromatic carbocycles. The quantitative estimate of drug-likeness (QED) is 0.570. The van der Waals surface area contributed by atoms with Crippen molar-refractivity contribution >= 4 is 35.0 Å². The Morgan fingerprint density at radius 3 is 3.04 bits per heavy atom. The van der Waals surface area contributed by atoms with Crippen molar-refractivity contribution in [2.75, 3.05) is 26.0 Å². The zero-order chi connectivity index (χ0) is 19.9. The third-order valence-corrected chi connectivity index (χ3v) is 6.60. The molecule has 1 atom stereocenters. The second-order valence-electron chi connectivity index (χ2n) is 6.37. The Balaban J connectivity index is 1.46. The molecule has 1 fully saturated rings. The number of para-hydroxylation sites is 1. The summed E-state index contributed by atoms with van der Waals surface area (Å²) in [4.78, 5) is 29.1. The zero-order valence-electron chi connectivity index (χ0n) is 15.6. The highest BCUT2D eigenvalue weighted by molar-refractivity contribution is 8.01. The van der Waals surface area contributed by atoms with Crippen LogP contribution in [0.4, 0.5) is 0 Å². The standard InChI is InChI=1S/C19H23N3O4S2/c1-26-16-5-3-2-4-13(16)10-20-11-14-6-7-17(23)22(14)8-9-27-19-21-15(12-28-19)18(24)25/h2-5,12,14,20H,6-11H2,1H3,(H,24,25). The van der Waals surface area contributed by atoms with Gasteiger partial charge in [-0.05, 0) is 12.5 Å². The molecule has 2 aromatic rings. The lowest BCUT2D eigenvalue weighted by Crippen LogP contribution is -2.41. The Kier molecular flexibility index (Phi) is 7.30. The largest absolute Gasteiger partial charge is 0.496 e. The summed E-state index contributed by atoms with van der Waals surface area (Å²) in [6.45, 7) is 2.05. The van der Waals surface area contributed by atoms with E-state index in [2.05, 4.69) is 10.3 Å². The van der Waals surface area contributed by atoms with Crippen LogP contribution in [0.3, 0.4) is 0 Å². The van der Waals surface area contributed by atoms with Crippen molar-refractivity contribution in [2.45, 2.75) is 29.8 Å². The van der Waals surface area contributed by atoms with Crippen molar-refractivity contribution in [1.82, 2.24) is 15.2 Å². The van der Waals surface area contributed by atoms with E-state index in [1.54, 1.807) is 7.11 Å². The maximum absolute atomic E-state index is 12.2. The number of aromatic carboxylic acids is 1. The number of carbonyl (C=O) groups excluding carboxylic acids is 1. The Labute approximate surface area is 172 Å². The van der Waals surface area contributed by atoms with E-state index in [1.807, 2.05) is 29.2 Å². The molecule has 1 unspecified atom stereocenters. The van der Waals surface area contributed by atoms with Crippen LogP contribution in [-0.4, -0.2) is 58.9 Å². The summed E-state index contributed by atoms with van der Waals surface area (Å²) in [6.07, 6.45) is 1.43. The predicted molar refractivity (Wildman–Crippen MR) is 109 cm³/mol. The SMILES string of the molecule is COc1ccccc1CNCC1CCC(=O)N1CCSc1nc(C(=O)O)cs1. The summed E-state index contributed by atoms with van der Waals surface area (Å²) in [7, 11) is 1.66. The van der Waals surface area contributed by atoms with Crippen LogP contribution in [0.2, 0.25) is 0 Å². The van der Waals surface area contributed by atoms with Gasteiger partial charge in [0.1, 0.15) is 5.75 Å². The normalized spacial score (nSPS) is 16.5. The van der Waals surface area contributed by atoms with Crippen LogP contribution >= 0.6 is 23.1 Å². The van der Waals surface area contributed by atoms with Crippen molar-refractivity contribution < 1.29 is 19.4 Å². The number of carbonyl (C=O) groups is 2. The van der Waals surface area contributed by atoms with Crippen molar-refractivity contribution in [1.29, 1.82) is 0 Å². The molecule has 0 spiro atoms. The molecule has 2 heterocycles. The third kappa shape index (κ3) is 5.24. The van der Waals surface area contributed by atoms with Crippen molar-refractivity contribution in [3.8, 4) is 5.75 Å². The van der Waals surface area contributed by atoms with Crippen molar-refractivity contribution in [2.24, 2.45) is 0 Å². The van der Waals surface area contributed by atoms with Crippen molar-refractivity contribution in [3.63, 3.8) is 0 Å². The first kappa shape index (κ1) is 20.6. The fraction of sp³-hybridized carbons (Fsp3) is 0.421. The number of nitrogens with one attached hydrogen (secondary N) is 1. The summed E-state index contributed by atoms with van der Waals surface area (Å²) >= 11 is 2.81. The van der Waals surface area contributed by atoms with Crippen LogP contribution in [0.25, 0.3) is 0 Å². The smallest absolute Gasteiger partial charge is 0.355 e. The van der Waals surface area contributed by atoms with Gasteiger partial charge in [0.25, 0.3) is 0 Å². The summed E-state index contributed by atoms with van der Waals surface area (Å²) in [6, 6.07) is 8.07. The summed E-state index contributed by atoms with van der Waals surface area (Å²) in [5.74, 6) is 0.713. The molecule has 3 rings (SSSR count). The number of ether oxygens (including phenoxy) is 1. The second kappa shape index (κ2) is 9.90. The number of hydrogen-bond donors (Lipinski definition) is 2. The van der Waals surface area contributed by atoms with E-state index >= 15 is 0 Å². The van der Waals surface area contributed by atoms with Gasteiger partial charge in [-0.15, -0.1) is 11.3 Å². The molecule has 0 bridgehead atoms. The van der Waals surface area contributed by atoms with E-state index in [0.717, 1.165) is 28.6 Å². The van der Waals surface area contributed by atoms with Gasteiger partial charge in [-0.3, -0.25) is 4.79 Å². The minimum absolute atomic E-state index is 0.0724. The van der Waals surface area contributed by atoms with E-state index in [9.17, 15) is 9.59 Å². The van der Waals surface area contributed by atoms with Gasteiger partial charge in [0.2, 0.25) is 5.91 Å². The van der Waals surface area contributed by atoms with E-state index in [1.165, 1.54) is 28.5 Å². The first-order valence-electron chi connectivity index (χ1n) is 9.02. The molecule has 28 heavy (non-hydrogen) atoms. The molecule has 7 nitrogen and oxygen atoms in total. The summed E-state index contributed by atoms with van der Waals surface area (Å²) in [5, 5.41) is 13.9. The van der Waals surface area contributed by atoms with Crippen molar-refractivity contribution in [3.05, 3.63) is 40.9 Å². The number of hydrogen-bond acceptors (Lipinski definition) is 7. The number of benzene rings is 1. The Bertz CT molecular complexity index is 827. The highest BCUT2D eigenvalue weighted by atomic mass is 32.2. The van der Waals surface area contributed by atoms with Gasteiger partial charge >= 0.3 is 5.97 Å². The summed E-state index contributed by atoms with van der Waals surface area (Å²) < 4.78 is 6.09. The maximum atomic E-state index is 12.2. The number of likely N-dealkylation sites (tertiary alicyclic amines) is 1. The number of amides is 1. The monoisotopic (exact) mass is 421 g/mol. The molecule has 9 heteroatoms. The molecule has 2 N–H and O–H groups in total. The van der Waals surface area contributed by atoms with E-state index in [-0.39, 0.29) is 17.6 Å². The highest BCUT2D eigenvalue weighted by Gasteiger charge is 2.30. The summed E-state index contributed by atoms with van der Waals surface area (Å²) in [5.41, 5.74) is 1.16. The molecular formula is C19H23N3O4S2. The number of methoxy groups -OCH3 is 1. The fourth-order valence-corrected chi connectivity index (χ4v) is 5.00. The van der Waals surface area contributed by atoms with Crippen LogP contribution in [0, 0.1) is 0 Å². The molecule has 0 saturated carbocycles. The predicted octanol–water partition coefficient (Wildman–Crippen LogP) is 2.72. The van der Waals surface area contributed by atoms with Crippen LogP contribution in [0.15, 0.2) is 34.0 Å². The van der Waals surface area contributed by atoms with Gasteiger partial charge in [-0.2, -0.15) is 0 Å². The van der Waals surface area contributed by atoms with Crippen LogP contribution in [0.1, 0.15) is 28.9 Å². The first-order chi connectivity index (χ1) is 13.6. The molecular weight excluding hydrogens is 398 g/mol. The van der Waals surface area contributed by atoms with E-state index in [0.29, 0.717) is 25.3 Å². The fourth-order valence-electron chi connectivity index (χ4n) is 3.19. The molecule has 0 radical (unpaired) electrons. The second-order valence-corrected chi connectivity index (χ2v) is 8.57. The topological polar surface area (TPSA) is 91.8 Å². The third-order valence-electron chi connectivity index (χ3n) is 4.60. The lowest BCUT2D eigenvalue weighted by Gasteiger charge is -2.25. The average Bonchev–Trinajstić information content (AvgIpc) is 3.30. The van der Waals surface area contributed by atoms with Gasteiger partial charge in [0.05, 0.1) is 7.11 Å². The van der Waals surface area contributed by atoms with Crippen LogP contribution in [-0.2, 0) is 11.3 Å². The number of thioether (sulfide) groups is 1. The highest BCUT2D eigenvalue weighted by Crippen LogP contribution is 2.25. The van der Waals surface area contributed by atoms with E-state index in [4.69, 9.17) is 9.84 Å². The van der Waals surface area contributed by atoms with Crippen LogP contribution in [0.5, 0.6) is 5.75 Å². The Morgan fingerprint density at radius 2 is 2.29 bits per heavy atom. The van der Waals surface area contributed by atoms with E-state index < -0.39 is 5.97 Å². The molecule has 1 amide bonds. The Morgan fingerprint density at radius 1 is 1.46 bits per heavy atom.